The summed E-state index contributed by atoms with van der Waals surface area (Å²) >= 11 is 9.26. The lowest BCUT2D eigenvalue weighted by atomic mass is 10.1. The number of carbonyl (C=O) groups is 1. The van der Waals surface area contributed by atoms with Crippen LogP contribution in [0.25, 0.3) is 11.3 Å². The van der Waals surface area contributed by atoms with E-state index in [1.165, 1.54) is 0 Å². The van der Waals surface area contributed by atoms with Crippen molar-refractivity contribution in [2.45, 2.75) is 6.92 Å². The monoisotopic (exact) mass is 315 g/mol. The van der Waals surface area contributed by atoms with Crippen molar-refractivity contribution in [3.8, 4) is 11.3 Å². The second-order valence-corrected chi connectivity index (χ2v) is 4.73. The second-order valence-electron chi connectivity index (χ2n) is 3.44. The van der Waals surface area contributed by atoms with Crippen molar-refractivity contribution >= 4 is 33.5 Å². The Morgan fingerprint density at radius 1 is 1.53 bits per heavy atom. The number of rotatable bonds is 2. The van der Waals surface area contributed by atoms with Crippen LogP contribution in [0.1, 0.15) is 16.1 Å². The molecule has 2 rings (SSSR count). The van der Waals surface area contributed by atoms with Crippen LogP contribution in [0.4, 0.5) is 0 Å². The van der Waals surface area contributed by atoms with Crippen LogP contribution in [-0.4, -0.2) is 16.2 Å². The van der Waals surface area contributed by atoms with Gasteiger partial charge in [-0.05, 0) is 24.6 Å². The average molecular weight is 317 g/mol. The molecule has 2 aromatic rings. The van der Waals surface area contributed by atoms with E-state index in [-0.39, 0.29) is 16.5 Å². The molecule has 0 unspecified atom stereocenters. The van der Waals surface area contributed by atoms with Gasteiger partial charge >= 0.3 is 5.97 Å². The van der Waals surface area contributed by atoms with Crippen molar-refractivity contribution in [3.63, 3.8) is 0 Å². The van der Waals surface area contributed by atoms with Crippen molar-refractivity contribution < 1.29 is 14.4 Å². The molecule has 6 heteroatoms. The van der Waals surface area contributed by atoms with Gasteiger partial charge in [-0.2, -0.15) is 0 Å². The van der Waals surface area contributed by atoms with Gasteiger partial charge in [-0.3, -0.25) is 0 Å². The fraction of sp³-hybridized carbons (Fsp3) is 0.0909. The standard InChI is InChI=1S/C11H7BrClNO3/c1-5-2-3-6(12)4-7(5)10-8(13)9(11(15)16)14-17-10/h2-4H,1H3,(H,15,16). The molecule has 1 N–H and O–H groups in total. The van der Waals surface area contributed by atoms with Crippen molar-refractivity contribution in [3.05, 3.63) is 39.0 Å². The Bertz CT molecular complexity index is 594. The first-order valence-electron chi connectivity index (χ1n) is 4.65. The van der Waals surface area contributed by atoms with E-state index in [4.69, 9.17) is 21.2 Å². The number of hydrogen-bond acceptors (Lipinski definition) is 3. The predicted octanol–water partition coefficient (Wildman–Crippen LogP) is 3.76. The Hall–Kier alpha value is -1.33. The number of carboxylic acids is 1. The molecule has 0 fully saturated rings. The van der Waals surface area contributed by atoms with Crippen molar-refractivity contribution in [2.24, 2.45) is 0 Å². The highest BCUT2D eigenvalue weighted by atomic mass is 79.9. The molecule has 0 bridgehead atoms. The van der Waals surface area contributed by atoms with Crippen LogP contribution in [0.3, 0.4) is 0 Å². The van der Waals surface area contributed by atoms with E-state index < -0.39 is 5.97 Å². The largest absolute Gasteiger partial charge is 0.476 e. The summed E-state index contributed by atoms with van der Waals surface area (Å²) in [7, 11) is 0. The highest BCUT2D eigenvalue weighted by molar-refractivity contribution is 9.10. The smallest absolute Gasteiger partial charge is 0.359 e. The van der Waals surface area contributed by atoms with E-state index in [0.717, 1.165) is 10.0 Å². The number of aromatic carboxylic acids is 1. The molecule has 1 aromatic carbocycles. The van der Waals surface area contributed by atoms with Crippen molar-refractivity contribution in [1.29, 1.82) is 0 Å². The zero-order valence-corrected chi connectivity index (χ0v) is 11.0. The van der Waals surface area contributed by atoms with E-state index in [2.05, 4.69) is 21.1 Å². The maximum Gasteiger partial charge on any atom is 0.359 e. The van der Waals surface area contributed by atoms with Gasteiger partial charge in [0.05, 0.1) is 0 Å². The predicted molar refractivity (Wildman–Crippen MR) is 66.3 cm³/mol. The molecule has 0 saturated heterocycles. The van der Waals surface area contributed by atoms with E-state index in [9.17, 15) is 4.79 Å². The summed E-state index contributed by atoms with van der Waals surface area (Å²) in [5, 5.41) is 12.3. The van der Waals surface area contributed by atoms with Gasteiger partial charge in [-0.1, -0.05) is 38.8 Å². The van der Waals surface area contributed by atoms with Gasteiger partial charge in [0, 0.05) is 10.0 Å². The summed E-state index contributed by atoms with van der Waals surface area (Å²) in [4.78, 5) is 10.8. The molecule has 0 spiro atoms. The van der Waals surface area contributed by atoms with Crippen LogP contribution in [0.5, 0.6) is 0 Å². The van der Waals surface area contributed by atoms with Gasteiger partial charge in [0.1, 0.15) is 5.02 Å². The minimum Gasteiger partial charge on any atom is -0.476 e. The summed E-state index contributed by atoms with van der Waals surface area (Å²) in [6, 6.07) is 5.55. The maximum atomic E-state index is 10.8. The lowest BCUT2D eigenvalue weighted by molar-refractivity contribution is 0.0686. The maximum absolute atomic E-state index is 10.8. The molecule has 0 atom stereocenters. The van der Waals surface area contributed by atoms with Crippen LogP contribution in [0.15, 0.2) is 27.2 Å². The molecule has 1 heterocycles. The Morgan fingerprint density at radius 2 is 2.24 bits per heavy atom. The first-order chi connectivity index (χ1) is 8.00. The highest BCUT2D eigenvalue weighted by Crippen LogP contribution is 2.34. The minimum atomic E-state index is -1.21. The van der Waals surface area contributed by atoms with Crippen LogP contribution in [0, 0.1) is 6.92 Å². The number of aryl methyl sites for hydroxylation is 1. The molecule has 0 aliphatic rings. The van der Waals surface area contributed by atoms with E-state index in [0.29, 0.717) is 5.56 Å². The van der Waals surface area contributed by atoms with Crippen molar-refractivity contribution in [2.75, 3.05) is 0 Å². The van der Waals surface area contributed by atoms with Crippen LogP contribution < -0.4 is 0 Å². The Balaban J connectivity index is 2.61. The molecule has 17 heavy (non-hydrogen) atoms. The molecule has 0 radical (unpaired) electrons. The third-order valence-electron chi connectivity index (χ3n) is 2.28. The topological polar surface area (TPSA) is 63.3 Å². The summed E-state index contributed by atoms with van der Waals surface area (Å²) in [5.41, 5.74) is 1.36. The Morgan fingerprint density at radius 3 is 2.82 bits per heavy atom. The number of benzene rings is 1. The molecule has 0 aliphatic carbocycles. The zero-order chi connectivity index (χ0) is 12.6. The van der Waals surface area contributed by atoms with Gasteiger partial charge < -0.3 is 9.63 Å². The summed E-state index contributed by atoms with van der Waals surface area (Å²) in [6.07, 6.45) is 0. The zero-order valence-electron chi connectivity index (χ0n) is 8.70. The first kappa shape index (κ1) is 12.1. The molecular weight excluding hydrogens is 309 g/mol. The van der Waals surface area contributed by atoms with E-state index >= 15 is 0 Å². The van der Waals surface area contributed by atoms with Crippen LogP contribution in [-0.2, 0) is 0 Å². The third-order valence-corrected chi connectivity index (χ3v) is 3.13. The summed E-state index contributed by atoms with van der Waals surface area (Å²) in [5.74, 6) is -0.944. The quantitative estimate of drug-likeness (QED) is 0.916. The van der Waals surface area contributed by atoms with Gasteiger partial charge in [0.2, 0.25) is 5.69 Å². The van der Waals surface area contributed by atoms with Crippen LogP contribution in [0.2, 0.25) is 5.02 Å². The van der Waals surface area contributed by atoms with Crippen molar-refractivity contribution in [1.82, 2.24) is 5.16 Å². The third kappa shape index (κ3) is 2.21. The van der Waals surface area contributed by atoms with Gasteiger partial charge in [0.15, 0.2) is 5.76 Å². The molecule has 88 valence electrons. The average Bonchev–Trinajstić information content (AvgIpc) is 2.64. The minimum absolute atomic E-state index is 0.0127. The molecule has 0 aliphatic heterocycles. The molecule has 0 saturated carbocycles. The van der Waals surface area contributed by atoms with E-state index in [1.54, 1.807) is 6.07 Å². The SMILES string of the molecule is Cc1ccc(Br)cc1-c1onc(C(=O)O)c1Cl. The lowest BCUT2D eigenvalue weighted by Crippen LogP contribution is -1.96. The van der Waals surface area contributed by atoms with Gasteiger partial charge in [-0.15, -0.1) is 0 Å². The van der Waals surface area contributed by atoms with Gasteiger partial charge in [-0.25, -0.2) is 4.79 Å². The molecular formula is C11H7BrClNO3. The normalized spacial score (nSPS) is 10.5. The fourth-order valence-corrected chi connectivity index (χ4v) is 2.03. The number of nitrogens with zero attached hydrogens (tertiary/aromatic N) is 1. The van der Waals surface area contributed by atoms with Crippen LogP contribution >= 0.6 is 27.5 Å². The number of hydrogen-bond donors (Lipinski definition) is 1. The first-order valence-corrected chi connectivity index (χ1v) is 5.82. The van der Waals surface area contributed by atoms with E-state index in [1.807, 2.05) is 19.1 Å². The molecule has 1 aromatic heterocycles. The number of carboxylic acid groups (broad SMARTS) is 1. The summed E-state index contributed by atoms with van der Waals surface area (Å²) in [6.45, 7) is 1.88. The molecule has 0 amide bonds. The fourth-order valence-electron chi connectivity index (χ4n) is 1.42. The highest BCUT2D eigenvalue weighted by Gasteiger charge is 2.21. The Labute approximate surface area is 110 Å². The molecule has 4 nitrogen and oxygen atoms in total. The summed E-state index contributed by atoms with van der Waals surface area (Å²) < 4.78 is 5.84. The Kier molecular flexibility index (Phi) is 3.22. The number of aromatic nitrogens is 1. The van der Waals surface area contributed by atoms with Gasteiger partial charge in [0.25, 0.3) is 0 Å². The second kappa shape index (κ2) is 4.50. The number of halogens is 2. The lowest BCUT2D eigenvalue weighted by Gasteiger charge is -2.02.